The molecule has 0 spiro atoms. The molecule has 0 saturated carbocycles. The number of carbonyl (C=O) groups excluding carboxylic acids is 2. The van der Waals surface area contributed by atoms with E-state index in [2.05, 4.69) is 0 Å². The van der Waals surface area contributed by atoms with Gasteiger partial charge in [0, 0.05) is 37.1 Å². The second-order valence-electron chi connectivity index (χ2n) is 6.76. The molecule has 0 bridgehead atoms. The normalized spacial score (nSPS) is 33.5. The molecule has 132 valence electrons. The highest BCUT2D eigenvalue weighted by Gasteiger charge is 2.38. The van der Waals surface area contributed by atoms with Crippen molar-refractivity contribution >= 4 is 11.8 Å². The van der Waals surface area contributed by atoms with E-state index in [1.165, 1.54) is 0 Å². The van der Waals surface area contributed by atoms with Crippen LogP contribution in [0.5, 0.6) is 0 Å². The van der Waals surface area contributed by atoms with Crippen LogP contribution in [0.4, 0.5) is 0 Å². The average Bonchev–Trinajstić information content (AvgIpc) is 3.37. The van der Waals surface area contributed by atoms with Crippen molar-refractivity contribution in [3.8, 4) is 0 Å². The quantitative estimate of drug-likeness (QED) is 0.403. The zero-order chi connectivity index (χ0) is 16.7. The minimum absolute atomic E-state index is 0.00498. The van der Waals surface area contributed by atoms with E-state index in [0.29, 0.717) is 63.5 Å². The van der Waals surface area contributed by atoms with Gasteiger partial charge >= 0.3 is 0 Å². The maximum atomic E-state index is 13.1. The number of hydrogen-bond donors (Lipinski definition) is 1. The summed E-state index contributed by atoms with van der Waals surface area (Å²) in [6, 6.07) is 0. The second-order valence-corrected chi connectivity index (χ2v) is 6.76. The van der Waals surface area contributed by atoms with Crippen molar-refractivity contribution in [2.45, 2.75) is 37.3 Å². The van der Waals surface area contributed by atoms with Crippen LogP contribution in [0.3, 0.4) is 0 Å². The third-order valence-electron chi connectivity index (χ3n) is 4.53. The topological polar surface area (TPSA) is 114 Å². The van der Waals surface area contributed by atoms with E-state index >= 15 is 0 Å². The predicted molar refractivity (Wildman–Crippen MR) is 81.0 cm³/mol. The molecule has 4 fully saturated rings. The van der Waals surface area contributed by atoms with E-state index in [9.17, 15) is 9.59 Å². The van der Waals surface area contributed by atoms with Crippen molar-refractivity contribution in [1.29, 1.82) is 0 Å². The molecule has 24 heavy (non-hydrogen) atoms. The molecule has 8 heteroatoms. The molecule has 2 N–H and O–H groups in total. The first kappa shape index (κ1) is 16.0. The molecular formula is C16H22N2O6. The Morgan fingerprint density at radius 2 is 1.21 bits per heavy atom. The van der Waals surface area contributed by atoms with Crippen molar-refractivity contribution in [3.05, 3.63) is 11.1 Å². The van der Waals surface area contributed by atoms with Crippen molar-refractivity contribution < 1.29 is 28.5 Å². The van der Waals surface area contributed by atoms with Crippen LogP contribution in [-0.4, -0.2) is 80.6 Å². The summed E-state index contributed by atoms with van der Waals surface area (Å²) < 4.78 is 21.0. The lowest BCUT2D eigenvalue weighted by Gasteiger charge is -2.24. The number of ether oxygens (including phenoxy) is 4. The number of primary amides is 1. The van der Waals surface area contributed by atoms with Crippen LogP contribution in [0.15, 0.2) is 11.1 Å². The third-order valence-corrected chi connectivity index (χ3v) is 4.53. The van der Waals surface area contributed by atoms with Gasteiger partial charge in [-0.1, -0.05) is 0 Å². The Labute approximate surface area is 139 Å². The second kappa shape index (κ2) is 6.44. The molecule has 8 nitrogen and oxygen atoms in total. The van der Waals surface area contributed by atoms with E-state index in [0.717, 1.165) is 0 Å². The van der Waals surface area contributed by atoms with Crippen LogP contribution in [0.1, 0.15) is 12.8 Å². The fourth-order valence-electron chi connectivity index (χ4n) is 2.81. The Kier molecular flexibility index (Phi) is 4.29. The van der Waals surface area contributed by atoms with E-state index in [4.69, 9.17) is 24.7 Å². The van der Waals surface area contributed by atoms with Gasteiger partial charge in [0.1, 0.15) is 0 Å². The molecule has 0 radical (unpaired) electrons. The molecule has 4 rings (SSSR count). The Balaban J connectivity index is 1.56. The van der Waals surface area contributed by atoms with E-state index < -0.39 is 5.91 Å². The fourth-order valence-corrected chi connectivity index (χ4v) is 2.81. The maximum Gasteiger partial charge on any atom is 0.250 e. The summed E-state index contributed by atoms with van der Waals surface area (Å²) in [5.74, 6) is -0.717. The SMILES string of the molecule is NC(=O)/C(CC1CO1)=C(/CC1CO1)C(=O)N(CC1CO1)CC1CO1. The number of rotatable bonds is 10. The van der Waals surface area contributed by atoms with Crippen molar-refractivity contribution in [3.63, 3.8) is 0 Å². The van der Waals surface area contributed by atoms with Gasteiger partial charge in [0.2, 0.25) is 5.91 Å². The van der Waals surface area contributed by atoms with Crippen LogP contribution < -0.4 is 5.73 Å². The summed E-state index contributed by atoms with van der Waals surface area (Å²) in [4.78, 5) is 26.8. The van der Waals surface area contributed by atoms with Gasteiger partial charge in [0.25, 0.3) is 5.91 Å². The first-order chi connectivity index (χ1) is 11.6. The Bertz CT molecular complexity index is 547. The highest BCUT2D eigenvalue weighted by molar-refractivity contribution is 6.04. The summed E-state index contributed by atoms with van der Waals surface area (Å²) in [6.45, 7) is 3.57. The zero-order valence-electron chi connectivity index (χ0n) is 13.4. The number of nitrogens with zero attached hydrogens (tertiary/aromatic N) is 1. The number of amides is 2. The Hall–Kier alpha value is -1.48. The third kappa shape index (κ3) is 4.32. The molecule has 4 aliphatic heterocycles. The molecular weight excluding hydrogens is 316 g/mol. The number of nitrogens with two attached hydrogens (primary N) is 1. The van der Waals surface area contributed by atoms with Gasteiger partial charge < -0.3 is 29.6 Å². The Morgan fingerprint density at radius 3 is 1.58 bits per heavy atom. The van der Waals surface area contributed by atoms with Gasteiger partial charge in [0.05, 0.1) is 50.8 Å². The predicted octanol–water partition coefficient (Wildman–Crippen LogP) is -1.03. The highest BCUT2D eigenvalue weighted by Crippen LogP contribution is 2.29. The number of epoxide rings is 4. The largest absolute Gasteiger partial charge is 0.373 e. The van der Waals surface area contributed by atoms with Gasteiger partial charge in [-0.25, -0.2) is 0 Å². The molecule has 0 aromatic heterocycles. The Morgan fingerprint density at radius 1 is 0.792 bits per heavy atom. The van der Waals surface area contributed by atoms with Crippen molar-refractivity contribution in [2.75, 3.05) is 39.5 Å². The van der Waals surface area contributed by atoms with Crippen LogP contribution in [0.25, 0.3) is 0 Å². The molecule has 4 aliphatic rings. The summed E-state index contributed by atoms with van der Waals surface area (Å²) >= 11 is 0. The lowest BCUT2D eigenvalue weighted by atomic mass is 9.97. The standard InChI is InChI=1S/C16H22N2O6/c17-15(19)13(1-9-5-21-9)14(2-10-6-22-10)16(20)18(3-11-7-23-11)4-12-8-24-12/h9-12H,1-8H2,(H2,17,19)/b14-13-. The first-order valence-electron chi connectivity index (χ1n) is 8.37. The molecule has 4 heterocycles. The minimum atomic E-state index is -0.556. The monoisotopic (exact) mass is 338 g/mol. The van der Waals surface area contributed by atoms with Gasteiger partial charge in [-0.2, -0.15) is 0 Å². The fraction of sp³-hybridized carbons (Fsp3) is 0.750. The van der Waals surface area contributed by atoms with Gasteiger partial charge in [0.15, 0.2) is 0 Å². The first-order valence-corrected chi connectivity index (χ1v) is 8.37. The summed E-state index contributed by atoms with van der Waals surface area (Å²) in [7, 11) is 0. The van der Waals surface area contributed by atoms with E-state index in [-0.39, 0.29) is 30.3 Å². The highest BCUT2D eigenvalue weighted by atomic mass is 16.6. The summed E-state index contributed by atoms with van der Waals surface area (Å²) in [5, 5.41) is 0. The van der Waals surface area contributed by atoms with Crippen LogP contribution in [0.2, 0.25) is 0 Å². The lowest BCUT2D eigenvalue weighted by molar-refractivity contribution is -0.128. The van der Waals surface area contributed by atoms with Gasteiger partial charge in [-0.15, -0.1) is 0 Å². The van der Waals surface area contributed by atoms with Gasteiger partial charge in [-0.3, -0.25) is 9.59 Å². The maximum absolute atomic E-state index is 13.1. The van der Waals surface area contributed by atoms with Crippen LogP contribution in [-0.2, 0) is 28.5 Å². The number of carbonyl (C=O) groups is 2. The van der Waals surface area contributed by atoms with Gasteiger partial charge in [-0.05, 0) is 0 Å². The van der Waals surface area contributed by atoms with E-state index in [1.54, 1.807) is 4.90 Å². The molecule has 4 atom stereocenters. The minimum Gasteiger partial charge on any atom is -0.373 e. The van der Waals surface area contributed by atoms with Crippen LogP contribution >= 0.6 is 0 Å². The van der Waals surface area contributed by atoms with E-state index in [1.807, 2.05) is 0 Å². The zero-order valence-corrected chi connectivity index (χ0v) is 13.4. The van der Waals surface area contributed by atoms with Crippen LogP contribution in [0, 0.1) is 0 Å². The molecule has 2 amide bonds. The lowest BCUT2D eigenvalue weighted by Crippen LogP contribution is -2.39. The van der Waals surface area contributed by atoms with Crippen molar-refractivity contribution in [1.82, 2.24) is 4.90 Å². The smallest absolute Gasteiger partial charge is 0.250 e. The number of hydrogen-bond acceptors (Lipinski definition) is 6. The average molecular weight is 338 g/mol. The molecule has 4 saturated heterocycles. The molecule has 0 aromatic rings. The summed E-state index contributed by atoms with van der Waals surface area (Å²) in [5.41, 5.74) is 6.39. The molecule has 0 aliphatic carbocycles. The van der Waals surface area contributed by atoms with Crippen molar-refractivity contribution in [2.24, 2.45) is 5.73 Å². The molecule has 4 unspecified atom stereocenters. The molecule has 0 aromatic carbocycles. The summed E-state index contributed by atoms with van der Waals surface area (Å²) in [6.07, 6.45) is 0.940.